The number of nitrogens with zero attached hydrogens (tertiary/aromatic N) is 2. The quantitative estimate of drug-likeness (QED) is 0.520. The summed E-state index contributed by atoms with van der Waals surface area (Å²) in [4.78, 5) is 26.7. The molecule has 0 unspecified atom stereocenters. The molecule has 0 aliphatic carbocycles. The number of likely N-dealkylation sites (tertiary alicyclic amines) is 1. The summed E-state index contributed by atoms with van der Waals surface area (Å²) in [5.74, 6) is 0.565. The largest absolute Gasteiger partial charge is 0.496 e. The molecule has 0 bridgehead atoms. The van der Waals surface area contributed by atoms with Crippen LogP contribution in [0.4, 0.5) is 0 Å². The van der Waals surface area contributed by atoms with Gasteiger partial charge in [0.1, 0.15) is 5.75 Å². The molecule has 2 aliphatic heterocycles. The van der Waals surface area contributed by atoms with E-state index in [0.29, 0.717) is 63.5 Å². The molecule has 4 rings (SSSR count). The van der Waals surface area contributed by atoms with Crippen molar-refractivity contribution in [2.24, 2.45) is 0 Å². The predicted octanol–water partition coefficient (Wildman–Crippen LogP) is 2.09. The smallest absolute Gasteiger partial charge is 0.243 e. The predicted molar refractivity (Wildman–Crippen MR) is 134 cm³/mol. The zero-order chi connectivity index (χ0) is 25.5. The van der Waals surface area contributed by atoms with Crippen molar-refractivity contribution in [2.75, 3.05) is 40.0 Å². The topological polar surface area (TPSA) is 105 Å². The molecule has 2 aliphatic rings. The summed E-state index contributed by atoms with van der Waals surface area (Å²) in [6, 6.07) is 12.6. The van der Waals surface area contributed by atoms with E-state index in [1.54, 1.807) is 12.1 Å². The number of aryl methyl sites for hydroxylation is 1. The molecule has 36 heavy (non-hydrogen) atoms. The molecule has 0 radical (unpaired) electrons. The summed E-state index contributed by atoms with van der Waals surface area (Å²) in [5, 5.41) is 2.96. The van der Waals surface area contributed by atoms with E-state index in [0.717, 1.165) is 24.1 Å². The summed E-state index contributed by atoms with van der Waals surface area (Å²) in [6.45, 7) is 3.06. The average Bonchev–Trinajstić information content (AvgIpc) is 3.31. The first-order valence-corrected chi connectivity index (χ1v) is 13.7. The molecule has 0 atom stereocenters. The van der Waals surface area contributed by atoms with E-state index in [2.05, 4.69) is 5.32 Å². The minimum absolute atomic E-state index is 0.148. The third kappa shape index (κ3) is 6.24. The maximum absolute atomic E-state index is 13.0. The lowest BCUT2D eigenvalue weighted by molar-refractivity contribution is -0.128. The van der Waals surface area contributed by atoms with Gasteiger partial charge in [0, 0.05) is 45.6 Å². The zero-order valence-corrected chi connectivity index (χ0v) is 21.4. The second-order valence-electron chi connectivity index (χ2n) is 8.95. The summed E-state index contributed by atoms with van der Waals surface area (Å²) in [7, 11) is -2.12. The molecular weight excluding hydrogens is 482 g/mol. The lowest BCUT2D eigenvalue weighted by atomic mass is 10.1. The Bertz CT molecular complexity index is 1190. The zero-order valence-electron chi connectivity index (χ0n) is 20.6. The van der Waals surface area contributed by atoms with E-state index in [-0.39, 0.29) is 23.1 Å². The third-order valence-electron chi connectivity index (χ3n) is 6.61. The van der Waals surface area contributed by atoms with Crippen LogP contribution < -0.4 is 10.1 Å². The summed E-state index contributed by atoms with van der Waals surface area (Å²) in [6.07, 6.45) is 2.00. The van der Waals surface area contributed by atoms with Crippen molar-refractivity contribution in [1.82, 2.24) is 14.5 Å². The summed E-state index contributed by atoms with van der Waals surface area (Å²) in [5.41, 5.74) is 2.66. The molecule has 1 N–H and O–H groups in total. The Morgan fingerprint density at radius 1 is 1.06 bits per heavy atom. The first kappa shape index (κ1) is 26.1. The number of carbonyl (C=O) groups excluding carboxylic acids is 2. The van der Waals surface area contributed by atoms with Gasteiger partial charge < -0.3 is 19.7 Å². The molecule has 2 aromatic rings. The molecule has 2 saturated heterocycles. The Balaban J connectivity index is 1.37. The molecule has 194 valence electrons. The van der Waals surface area contributed by atoms with Crippen LogP contribution in [-0.4, -0.2) is 69.4 Å². The monoisotopic (exact) mass is 515 g/mol. The fraction of sp³-hybridized carbons (Fsp3) is 0.462. The Morgan fingerprint density at radius 3 is 2.50 bits per heavy atom. The highest BCUT2D eigenvalue weighted by Gasteiger charge is 2.27. The van der Waals surface area contributed by atoms with Crippen LogP contribution in [0.15, 0.2) is 47.4 Å². The van der Waals surface area contributed by atoms with Crippen LogP contribution in [-0.2, 0) is 43.9 Å². The van der Waals surface area contributed by atoms with Gasteiger partial charge in [-0.25, -0.2) is 8.42 Å². The van der Waals surface area contributed by atoms with Crippen LogP contribution in [0, 0.1) is 0 Å². The van der Waals surface area contributed by atoms with Crippen LogP contribution >= 0.6 is 0 Å². The highest BCUT2D eigenvalue weighted by Crippen LogP contribution is 2.26. The number of hydrogen-bond donors (Lipinski definition) is 1. The fourth-order valence-corrected chi connectivity index (χ4v) is 6.00. The highest BCUT2D eigenvalue weighted by atomic mass is 32.2. The second kappa shape index (κ2) is 11.9. The first-order chi connectivity index (χ1) is 17.4. The first-order valence-electron chi connectivity index (χ1n) is 12.2. The number of ether oxygens (including phenoxy) is 2. The number of rotatable bonds is 10. The number of amides is 2. The number of benzene rings is 2. The fourth-order valence-electron chi connectivity index (χ4n) is 4.54. The van der Waals surface area contributed by atoms with Crippen LogP contribution in [0.2, 0.25) is 0 Å². The van der Waals surface area contributed by atoms with Gasteiger partial charge in [-0.05, 0) is 47.7 Å². The molecule has 2 heterocycles. The van der Waals surface area contributed by atoms with Gasteiger partial charge in [-0.3, -0.25) is 9.59 Å². The number of carbonyl (C=O) groups is 2. The second-order valence-corrected chi connectivity index (χ2v) is 10.9. The Hall–Kier alpha value is -2.95. The average molecular weight is 516 g/mol. The number of sulfonamides is 1. The van der Waals surface area contributed by atoms with Crippen LogP contribution in [0.1, 0.15) is 36.0 Å². The van der Waals surface area contributed by atoms with Gasteiger partial charge in [-0.1, -0.05) is 24.3 Å². The van der Waals surface area contributed by atoms with Crippen molar-refractivity contribution < 1.29 is 27.5 Å². The normalized spacial score (nSPS) is 16.8. The van der Waals surface area contributed by atoms with Crippen molar-refractivity contribution in [3.8, 4) is 5.75 Å². The van der Waals surface area contributed by atoms with E-state index in [1.807, 2.05) is 29.2 Å². The van der Waals surface area contributed by atoms with Gasteiger partial charge in [0.05, 0.1) is 25.2 Å². The molecule has 2 fully saturated rings. The van der Waals surface area contributed by atoms with Gasteiger partial charge in [-0.15, -0.1) is 0 Å². The van der Waals surface area contributed by atoms with Gasteiger partial charge in [0.15, 0.2) is 0 Å². The van der Waals surface area contributed by atoms with Crippen LogP contribution in [0.25, 0.3) is 0 Å². The van der Waals surface area contributed by atoms with E-state index in [1.165, 1.54) is 17.5 Å². The molecule has 2 amide bonds. The van der Waals surface area contributed by atoms with Crippen LogP contribution in [0.5, 0.6) is 5.75 Å². The molecule has 0 aromatic heterocycles. The molecule has 0 saturated carbocycles. The Kier molecular flexibility index (Phi) is 8.60. The Morgan fingerprint density at radius 2 is 1.81 bits per heavy atom. The minimum atomic E-state index is -3.64. The lowest BCUT2D eigenvalue weighted by Gasteiger charge is -2.26. The van der Waals surface area contributed by atoms with E-state index < -0.39 is 10.0 Å². The van der Waals surface area contributed by atoms with E-state index in [4.69, 9.17) is 9.47 Å². The number of nitrogens with one attached hydrogen (secondary N) is 1. The van der Waals surface area contributed by atoms with Gasteiger partial charge >= 0.3 is 0 Å². The van der Waals surface area contributed by atoms with E-state index in [9.17, 15) is 18.0 Å². The molecular formula is C26H33N3O6S. The number of hydrogen-bond acceptors (Lipinski definition) is 6. The van der Waals surface area contributed by atoms with Gasteiger partial charge in [0.25, 0.3) is 0 Å². The maximum Gasteiger partial charge on any atom is 0.243 e. The SMILES string of the molecule is COc1ccc(S(=O)(=O)N2CCOCC2)cc1CCC(=O)NCc1ccccc1CN1CCCC1=O. The standard InChI is InChI=1S/C26H33N3O6S/c1-34-24-10-9-23(36(32,33)29-13-15-35-16-14-29)17-20(24)8-11-25(30)27-18-21-5-2-3-6-22(21)19-28-12-4-7-26(28)31/h2-3,5-6,9-10,17H,4,7-8,11-16,18-19H2,1H3,(H,27,30). The maximum atomic E-state index is 13.0. The molecule has 9 nitrogen and oxygen atoms in total. The van der Waals surface area contributed by atoms with Gasteiger partial charge in [0.2, 0.25) is 21.8 Å². The van der Waals surface area contributed by atoms with Gasteiger partial charge in [-0.2, -0.15) is 4.31 Å². The molecule has 10 heteroatoms. The Labute approximate surface area is 212 Å². The minimum Gasteiger partial charge on any atom is -0.496 e. The molecule has 0 spiro atoms. The van der Waals surface area contributed by atoms with Crippen molar-refractivity contribution in [3.63, 3.8) is 0 Å². The van der Waals surface area contributed by atoms with E-state index >= 15 is 0 Å². The molecule has 2 aromatic carbocycles. The highest BCUT2D eigenvalue weighted by molar-refractivity contribution is 7.89. The number of methoxy groups -OCH3 is 1. The van der Waals surface area contributed by atoms with Crippen molar-refractivity contribution in [3.05, 3.63) is 59.2 Å². The van der Waals surface area contributed by atoms with Crippen LogP contribution in [0.3, 0.4) is 0 Å². The van der Waals surface area contributed by atoms with Crippen molar-refractivity contribution in [2.45, 2.75) is 43.7 Å². The summed E-state index contributed by atoms with van der Waals surface area (Å²) < 4.78 is 38.2. The van der Waals surface area contributed by atoms with Crippen molar-refractivity contribution >= 4 is 21.8 Å². The van der Waals surface area contributed by atoms with Crippen molar-refractivity contribution in [1.29, 1.82) is 0 Å². The summed E-state index contributed by atoms with van der Waals surface area (Å²) >= 11 is 0. The third-order valence-corrected chi connectivity index (χ3v) is 8.50. The number of morpholine rings is 1. The lowest BCUT2D eigenvalue weighted by Crippen LogP contribution is -2.40.